The average molecular weight is 475 g/mol. The van der Waals surface area contributed by atoms with Crippen LogP contribution >= 0.6 is 11.3 Å². The van der Waals surface area contributed by atoms with E-state index in [2.05, 4.69) is 30.9 Å². The minimum Gasteiger partial charge on any atom is -0.354 e. The monoisotopic (exact) mass is 474 g/mol. The van der Waals surface area contributed by atoms with Crippen molar-refractivity contribution in [2.75, 3.05) is 31.1 Å². The summed E-state index contributed by atoms with van der Waals surface area (Å²) in [6, 6.07) is 14.0. The van der Waals surface area contributed by atoms with E-state index in [1.807, 2.05) is 52.2 Å². The van der Waals surface area contributed by atoms with Gasteiger partial charge in [0.05, 0.1) is 21.6 Å². The molecule has 176 valence electrons. The Morgan fingerprint density at radius 1 is 1.03 bits per heavy atom. The summed E-state index contributed by atoms with van der Waals surface area (Å²) in [5.41, 5.74) is 2.75. The minimum atomic E-state index is 0.123. The van der Waals surface area contributed by atoms with E-state index in [4.69, 9.17) is 15.1 Å². The molecule has 0 bridgehead atoms. The number of para-hydroxylation sites is 1. The third kappa shape index (κ3) is 4.42. The smallest absolute Gasteiger partial charge is 0.263 e. The molecule has 0 saturated carbocycles. The highest BCUT2D eigenvalue weighted by molar-refractivity contribution is 7.12. The zero-order chi connectivity index (χ0) is 23.7. The largest absolute Gasteiger partial charge is 0.354 e. The van der Waals surface area contributed by atoms with Crippen LogP contribution in [0.5, 0.6) is 0 Å². The first-order chi connectivity index (χ1) is 16.5. The lowest BCUT2D eigenvalue weighted by atomic mass is 10.1. The third-order valence-electron chi connectivity index (χ3n) is 6.14. The zero-order valence-corrected chi connectivity index (χ0v) is 20.8. The molecule has 4 aromatic rings. The maximum atomic E-state index is 12.9. The van der Waals surface area contributed by atoms with Crippen LogP contribution in [0.1, 0.15) is 41.5 Å². The lowest BCUT2D eigenvalue weighted by molar-refractivity contribution is 0.0772. The van der Waals surface area contributed by atoms with Crippen LogP contribution in [-0.2, 0) is 6.42 Å². The zero-order valence-electron chi connectivity index (χ0n) is 19.9. The predicted octanol–water partition coefficient (Wildman–Crippen LogP) is 4.74. The number of aromatic nitrogens is 4. The normalized spacial score (nSPS) is 14.7. The number of thiophene rings is 1. The molecule has 0 atom stereocenters. The molecule has 0 spiro atoms. The van der Waals surface area contributed by atoms with Gasteiger partial charge in [-0.1, -0.05) is 38.1 Å². The van der Waals surface area contributed by atoms with E-state index in [1.165, 1.54) is 11.3 Å². The molecule has 0 radical (unpaired) electrons. The number of carbonyl (C=O) groups is 1. The Kier molecular flexibility index (Phi) is 6.32. The molecule has 1 aromatic carbocycles. The number of nitrogens with zero attached hydrogens (tertiary/aromatic N) is 6. The van der Waals surface area contributed by atoms with Crippen molar-refractivity contribution in [2.45, 2.75) is 33.6 Å². The van der Waals surface area contributed by atoms with Crippen LogP contribution in [0.2, 0.25) is 0 Å². The van der Waals surface area contributed by atoms with Crippen molar-refractivity contribution in [2.24, 2.45) is 5.92 Å². The van der Waals surface area contributed by atoms with Gasteiger partial charge in [-0.15, -0.1) is 11.3 Å². The fraction of sp³-hybridized carbons (Fsp3) is 0.385. The lowest BCUT2D eigenvalue weighted by Crippen LogP contribution is -2.35. The van der Waals surface area contributed by atoms with Gasteiger partial charge in [0, 0.05) is 32.6 Å². The molecular weight excluding hydrogens is 444 g/mol. The Hall–Kier alpha value is -3.26. The number of carbonyl (C=O) groups excluding carboxylic acids is 1. The molecule has 1 aliphatic rings. The average Bonchev–Trinajstić information content (AvgIpc) is 3.40. The number of rotatable bonds is 5. The number of amides is 1. The quantitative estimate of drug-likeness (QED) is 0.418. The topological polar surface area (TPSA) is 67.2 Å². The number of hydrogen-bond donors (Lipinski definition) is 0. The maximum absolute atomic E-state index is 12.9. The Morgan fingerprint density at radius 2 is 1.85 bits per heavy atom. The van der Waals surface area contributed by atoms with Gasteiger partial charge >= 0.3 is 0 Å². The summed E-state index contributed by atoms with van der Waals surface area (Å²) in [6.07, 6.45) is 1.70. The molecule has 34 heavy (non-hydrogen) atoms. The van der Waals surface area contributed by atoms with Crippen molar-refractivity contribution in [3.8, 4) is 5.69 Å². The van der Waals surface area contributed by atoms with E-state index in [0.717, 1.165) is 71.4 Å². The van der Waals surface area contributed by atoms with E-state index in [9.17, 15) is 4.79 Å². The Morgan fingerprint density at radius 3 is 2.59 bits per heavy atom. The highest BCUT2D eigenvalue weighted by Gasteiger charge is 2.25. The standard InChI is InChI=1S/C26H30N6OS/c1-18(2)17-22-27-24(23-19(3)29-32(25(23)28-22)20-9-5-4-6-10-20)30-12-8-13-31(15-14-30)26(33)21-11-7-16-34-21/h4-7,9-11,16,18H,8,12-15,17H2,1-3H3. The van der Waals surface area contributed by atoms with Gasteiger partial charge in [-0.3, -0.25) is 4.79 Å². The second-order valence-corrected chi connectivity index (χ2v) is 10.2. The van der Waals surface area contributed by atoms with E-state index in [0.29, 0.717) is 12.5 Å². The third-order valence-corrected chi connectivity index (χ3v) is 6.99. The van der Waals surface area contributed by atoms with Crippen molar-refractivity contribution in [1.82, 2.24) is 24.6 Å². The number of fused-ring (bicyclic) bond motifs is 1. The number of anilines is 1. The Balaban J connectivity index is 1.53. The van der Waals surface area contributed by atoms with Crippen molar-refractivity contribution in [3.63, 3.8) is 0 Å². The molecule has 3 aromatic heterocycles. The van der Waals surface area contributed by atoms with Gasteiger partial charge in [-0.25, -0.2) is 14.6 Å². The van der Waals surface area contributed by atoms with Crippen LogP contribution in [0, 0.1) is 12.8 Å². The summed E-state index contributed by atoms with van der Waals surface area (Å²) < 4.78 is 1.93. The van der Waals surface area contributed by atoms with Crippen LogP contribution < -0.4 is 4.90 Å². The molecule has 1 fully saturated rings. The van der Waals surface area contributed by atoms with E-state index >= 15 is 0 Å². The molecule has 1 aliphatic heterocycles. The van der Waals surface area contributed by atoms with Crippen molar-refractivity contribution < 1.29 is 4.79 Å². The van der Waals surface area contributed by atoms with E-state index in [1.54, 1.807) is 0 Å². The highest BCUT2D eigenvalue weighted by atomic mass is 32.1. The summed E-state index contributed by atoms with van der Waals surface area (Å²) in [7, 11) is 0. The summed E-state index contributed by atoms with van der Waals surface area (Å²) >= 11 is 1.50. The van der Waals surface area contributed by atoms with Crippen LogP contribution in [0.4, 0.5) is 5.82 Å². The molecule has 0 unspecified atom stereocenters. The second kappa shape index (κ2) is 9.54. The fourth-order valence-electron chi connectivity index (χ4n) is 4.53. The van der Waals surface area contributed by atoms with Crippen molar-refractivity contribution in [3.05, 3.63) is 64.2 Å². The number of aryl methyl sites for hydroxylation is 1. The van der Waals surface area contributed by atoms with Gasteiger partial charge < -0.3 is 9.80 Å². The van der Waals surface area contributed by atoms with Crippen LogP contribution in [-0.4, -0.2) is 56.7 Å². The summed E-state index contributed by atoms with van der Waals surface area (Å²) in [6.45, 7) is 9.41. The molecular formula is C26H30N6OS. The molecule has 8 heteroatoms. The van der Waals surface area contributed by atoms with Crippen LogP contribution in [0.3, 0.4) is 0 Å². The van der Waals surface area contributed by atoms with Gasteiger partial charge in [0.1, 0.15) is 11.6 Å². The van der Waals surface area contributed by atoms with Gasteiger partial charge in [0.15, 0.2) is 5.65 Å². The Labute approximate surface area is 204 Å². The molecule has 4 heterocycles. The lowest BCUT2D eigenvalue weighted by Gasteiger charge is -2.24. The van der Waals surface area contributed by atoms with Gasteiger partial charge in [0.25, 0.3) is 5.91 Å². The van der Waals surface area contributed by atoms with E-state index < -0.39 is 0 Å². The minimum absolute atomic E-state index is 0.123. The number of benzene rings is 1. The van der Waals surface area contributed by atoms with Crippen molar-refractivity contribution >= 4 is 34.1 Å². The van der Waals surface area contributed by atoms with Gasteiger partial charge in [-0.2, -0.15) is 5.10 Å². The number of hydrogen-bond acceptors (Lipinski definition) is 6. The molecule has 5 rings (SSSR count). The molecule has 0 N–H and O–H groups in total. The molecule has 1 amide bonds. The molecule has 0 aliphatic carbocycles. The van der Waals surface area contributed by atoms with Gasteiger partial charge in [0.2, 0.25) is 0 Å². The maximum Gasteiger partial charge on any atom is 0.263 e. The van der Waals surface area contributed by atoms with E-state index in [-0.39, 0.29) is 5.91 Å². The van der Waals surface area contributed by atoms with Crippen LogP contribution in [0.15, 0.2) is 47.8 Å². The summed E-state index contributed by atoms with van der Waals surface area (Å²) in [5, 5.41) is 7.81. The first-order valence-corrected chi connectivity index (χ1v) is 12.8. The highest BCUT2D eigenvalue weighted by Crippen LogP contribution is 2.30. The van der Waals surface area contributed by atoms with Gasteiger partial charge in [-0.05, 0) is 42.8 Å². The predicted molar refractivity (Wildman–Crippen MR) is 137 cm³/mol. The van der Waals surface area contributed by atoms with Crippen molar-refractivity contribution in [1.29, 1.82) is 0 Å². The summed E-state index contributed by atoms with van der Waals surface area (Å²) in [5.74, 6) is 2.34. The first-order valence-electron chi connectivity index (χ1n) is 11.9. The molecule has 1 saturated heterocycles. The fourth-order valence-corrected chi connectivity index (χ4v) is 5.22. The SMILES string of the molecule is Cc1nn(-c2ccccc2)c2nc(CC(C)C)nc(N3CCCN(C(=O)c4cccs4)CC3)c12. The van der Waals surface area contributed by atoms with Crippen LogP contribution in [0.25, 0.3) is 16.7 Å². The first kappa shape index (κ1) is 22.5. The Bertz CT molecular complexity index is 1280. The second-order valence-electron chi connectivity index (χ2n) is 9.20. The molecule has 7 nitrogen and oxygen atoms in total. The summed E-state index contributed by atoms with van der Waals surface area (Å²) in [4.78, 5) is 28.1.